The molecule has 0 radical (unpaired) electrons. The molecular formula is C31H34F6N4O4. The Balaban J connectivity index is 1.58. The second-order valence-electron chi connectivity index (χ2n) is 11.5. The van der Waals surface area contributed by atoms with E-state index in [4.69, 9.17) is 4.74 Å². The van der Waals surface area contributed by atoms with E-state index in [0.717, 1.165) is 17.3 Å². The zero-order valence-corrected chi connectivity index (χ0v) is 24.6. The van der Waals surface area contributed by atoms with E-state index in [0.29, 0.717) is 30.7 Å². The Morgan fingerprint density at radius 1 is 0.956 bits per heavy atom. The van der Waals surface area contributed by atoms with Crippen molar-refractivity contribution in [2.75, 3.05) is 6.54 Å². The van der Waals surface area contributed by atoms with Crippen LogP contribution in [0.3, 0.4) is 0 Å². The molecule has 2 aromatic carbocycles. The van der Waals surface area contributed by atoms with Crippen LogP contribution < -0.4 is 16.0 Å². The lowest BCUT2D eigenvalue weighted by Gasteiger charge is -2.25. The van der Waals surface area contributed by atoms with E-state index < -0.39 is 65.7 Å². The van der Waals surface area contributed by atoms with E-state index in [1.165, 1.54) is 0 Å². The predicted molar refractivity (Wildman–Crippen MR) is 153 cm³/mol. The van der Waals surface area contributed by atoms with Crippen LogP contribution in [0, 0.1) is 5.92 Å². The molecule has 2 amide bonds. The summed E-state index contributed by atoms with van der Waals surface area (Å²) in [6.45, 7) is 3.45. The highest BCUT2D eigenvalue weighted by atomic mass is 19.4. The van der Waals surface area contributed by atoms with Gasteiger partial charge in [-0.3, -0.25) is 9.59 Å². The number of para-hydroxylation sites is 1. The topological polar surface area (TPSA) is 112 Å². The number of fused-ring (bicyclic) bond motifs is 1. The number of H-pyrrole nitrogens is 1. The van der Waals surface area contributed by atoms with Gasteiger partial charge < -0.3 is 25.7 Å². The van der Waals surface area contributed by atoms with Gasteiger partial charge in [-0.05, 0) is 67.1 Å². The zero-order chi connectivity index (χ0) is 32.9. The van der Waals surface area contributed by atoms with Gasteiger partial charge in [0.1, 0.15) is 18.7 Å². The molecule has 45 heavy (non-hydrogen) atoms. The number of amides is 2. The SMILES string of the molecule is CC(C)C[C@H](NC(=O)[C@@H]1CCCN1)C(=O)N[C@@H](Cc1c[nH]c2ccccc12)C(=O)OCc1cc(C(F)(F)F)cc(C(F)(F)F)c1. The number of nitrogens with one attached hydrogen (secondary N) is 4. The number of alkyl halides is 6. The van der Waals surface area contributed by atoms with Gasteiger partial charge in [0.15, 0.2) is 0 Å². The Bertz CT molecular complexity index is 1480. The van der Waals surface area contributed by atoms with Crippen LogP contribution in [0.2, 0.25) is 0 Å². The monoisotopic (exact) mass is 640 g/mol. The Hall–Kier alpha value is -4.07. The quantitative estimate of drug-likeness (QED) is 0.169. The summed E-state index contributed by atoms with van der Waals surface area (Å²) in [5.41, 5.74) is -2.28. The average molecular weight is 641 g/mol. The van der Waals surface area contributed by atoms with Crippen LogP contribution in [-0.4, -0.2) is 47.4 Å². The van der Waals surface area contributed by atoms with Crippen molar-refractivity contribution >= 4 is 28.7 Å². The molecule has 1 aromatic heterocycles. The number of carbonyl (C=O) groups excluding carboxylic acids is 3. The third-order valence-electron chi connectivity index (χ3n) is 7.45. The molecule has 2 heterocycles. The Morgan fingerprint density at radius 3 is 2.22 bits per heavy atom. The van der Waals surface area contributed by atoms with Crippen LogP contribution in [-0.2, 0) is 44.5 Å². The summed E-state index contributed by atoms with van der Waals surface area (Å²) in [6, 6.07) is 5.19. The molecular weight excluding hydrogens is 606 g/mol. The fraction of sp³-hybridized carbons (Fsp3) is 0.452. The highest BCUT2D eigenvalue weighted by Crippen LogP contribution is 2.36. The van der Waals surface area contributed by atoms with Crippen molar-refractivity contribution < 1.29 is 45.5 Å². The van der Waals surface area contributed by atoms with Crippen LogP contribution in [0.4, 0.5) is 26.3 Å². The number of carbonyl (C=O) groups is 3. The number of benzene rings is 2. The molecule has 3 aromatic rings. The van der Waals surface area contributed by atoms with E-state index in [-0.39, 0.29) is 30.7 Å². The first-order valence-electron chi connectivity index (χ1n) is 14.5. The van der Waals surface area contributed by atoms with Crippen molar-refractivity contribution in [1.82, 2.24) is 20.9 Å². The van der Waals surface area contributed by atoms with Crippen LogP contribution in [0.25, 0.3) is 10.9 Å². The Kier molecular flexibility index (Phi) is 10.5. The Labute approximate surface area is 255 Å². The molecule has 1 fully saturated rings. The van der Waals surface area contributed by atoms with Gasteiger partial charge >= 0.3 is 18.3 Å². The number of aromatic nitrogens is 1. The zero-order valence-electron chi connectivity index (χ0n) is 24.6. The lowest BCUT2D eigenvalue weighted by atomic mass is 10.0. The maximum Gasteiger partial charge on any atom is 0.416 e. The molecule has 0 saturated carbocycles. The predicted octanol–water partition coefficient (Wildman–Crippen LogP) is 5.26. The molecule has 1 aliphatic rings. The number of hydrogen-bond donors (Lipinski definition) is 4. The van der Waals surface area contributed by atoms with E-state index >= 15 is 0 Å². The number of rotatable bonds is 11. The van der Waals surface area contributed by atoms with E-state index in [2.05, 4.69) is 20.9 Å². The van der Waals surface area contributed by atoms with Crippen molar-refractivity contribution in [3.05, 3.63) is 70.9 Å². The summed E-state index contributed by atoms with van der Waals surface area (Å²) < 4.78 is 85.3. The normalized spacial score (nSPS) is 16.9. The second kappa shape index (κ2) is 13.9. The summed E-state index contributed by atoms with van der Waals surface area (Å²) in [6.07, 6.45) is -7.00. The highest BCUT2D eigenvalue weighted by molar-refractivity contribution is 5.92. The van der Waals surface area contributed by atoms with Crippen molar-refractivity contribution in [3.8, 4) is 0 Å². The smallest absolute Gasteiger partial charge is 0.416 e. The minimum absolute atomic E-state index is 0.0182. The third-order valence-corrected chi connectivity index (χ3v) is 7.45. The first kappa shape index (κ1) is 33.8. The summed E-state index contributed by atoms with van der Waals surface area (Å²) >= 11 is 0. The number of esters is 1. The molecule has 0 aliphatic carbocycles. The molecule has 0 spiro atoms. The van der Waals surface area contributed by atoms with Crippen molar-refractivity contribution in [3.63, 3.8) is 0 Å². The third kappa shape index (κ3) is 8.99. The fourth-order valence-electron chi connectivity index (χ4n) is 5.23. The second-order valence-corrected chi connectivity index (χ2v) is 11.5. The van der Waals surface area contributed by atoms with E-state index in [1.807, 2.05) is 13.8 Å². The molecule has 0 unspecified atom stereocenters. The van der Waals surface area contributed by atoms with Gasteiger partial charge in [0.2, 0.25) is 11.8 Å². The number of hydrogen-bond acceptors (Lipinski definition) is 5. The lowest BCUT2D eigenvalue weighted by Crippen LogP contribution is -2.55. The average Bonchev–Trinajstić information content (AvgIpc) is 3.65. The lowest BCUT2D eigenvalue weighted by molar-refractivity contribution is -0.149. The molecule has 8 nitrogen and oxygen atoms in total. The maximum absolute atomic E-state index is 13.5. The summed E-state index contributed by atoms with van der Waals surface area (Å²) in [5.74, 6) is -2.16. The summed E-state index contributed by atoms with van der Waals surface area (Å²) in [5, 5.41) is 9.13. The van der Waals surface area contributed by atoms with Gasteiger partial charge in [0.25, 0.3) is 0 Å². The minimum atomic E-state index is -5.07. The standard InChI is InChI=1S/C31H34F6N4O4/c1-17(2)10-25(40-27(42)24-8-5-9-38-24)28(43)41-26(13-19-15-39-23-7-4-3-6-22(19)23)29(44)45-16-18-11-20(30(32,33)34)14-21(12-18)31(35,36)37/h3-4,6-7,11-12,14-15,17,24-26,38-39H,5,8-10,13,16H2,1-2H3,(H,40,42)(H,41,43)/t24-,25-,26-/m0/s1. The van der Waals surface area contributed by atoms with Crippen LogP contribution in [0.5, 0.6) is 0 Å². The van der Waals surface area contributed by atoms with Crippen molar-refractivity contribution in [1.29, 1.82) is 0 Å². The van der Waals surface area contributed by atoms with Gasteiger partial charge in [-0.2, -0.15) is 26.3 Å². The minimum Gasteiger partial charge on any atom is -0.459 e. The number of halogens is 6. The van der Waals surface area contributed by atoms with Crippen molar-refractivity contribution in [2.24, 2.45) is 5.92 Å². The fourth-order valence-corrected chi connectivity index (χ4v) is 5.23. The van der Waals surface area contributed by atoms with Gasteiger partial charge in [0.05, 0.1) is 17.2 Å². The van der Waals surface area contributed by atoms with E-state index in [9.17, 15) is 40.7 Å². The highest BCUT2D eigenvalue weighted by Gasteiger charge is 2.37. The molecule has 4 rings (SSSR count). The maximum atomic E-state index is 13.5. The summed E-state index contributed by atoms with van der Waals surface area (Å²) in [7, 11) is 0. The van der Waals surface area contributed by atoms with Crippen LogP contribution >= 0.6 is 0 Å². The molecule has 14 heteroatoms. The van der Waals surface area contributed by atoms with Gasteiger partial charge in [-0.15, -0.1) is 0 Å². The molecule has 4 N–H and O–H groups in total. The molecule has 0 bridgehead atoms. The van der Waals surface area contributed by atoms with E-state index in [1.54, 1.807) is 30.5 Å². The molecule has 1 aliphatic heterocycles. The van der Waals surface area contributed by atoms with Gasteiger partial charge in [0, 0.05) is 23.5 Å². The van der Waals surface area contributed by atoms with Gasteiger partial charge in [-0.25, -0.2) is 4.79 Å². The first-order valence-corrected chi connectivity index (χ1v) is 14.5. The molecule has 1 saturated heterocycles. The first-order chi connectivity index (χ1) is 21.1. The largest absolute Gasteiger partial charge is 0.459 e. The number of ether oxygens (including phenoxy) is 1. The molecule has 3 atom stereocenters. The van der Waals surface area contributed by atoms with Gasteiger partial charge in [-0.1, -0.05) is 32.0 Å². The van der Waals surface area contributed by atoms with Crippen LogP contribution in [0.15, 0.2) is 48.7 Å². The summed E-state index contributed by atoms with van der Waals surface area (Å²) in [4.78, 5) is 42.7. The Morgan fingerprint density at radius 2 is 1.62 bits per heavy atom. The van der Waals surface area contributed by atoms with Crippen molar-refractivity contribution in [2.45, 2.75) is 76.6 Å². The molecule has 244 valence electrons. The number of aromatic amines is 1. The van der Waals surface area contributed by atoms with Crippen LogP contribution in [0.1, 0.15) is 55.4 Å².